The number of carbonyl (C=O) groups excluding carboxylic acids is 2. The second kappa shape index (κ2) is 6.90. The molecule has 0 spiro atoms. The highest BCUT2D eigenvalue weighted by molar-refractivity contribution is 7.98. The average Bonchev–Trinajstić information content (AvgIpc) is 2.39. The maximum atomic E-state index is 11.3. The van der Waals surface area contributed by atoms with Crippen molar-refractivity contribution in [3.63, 3.8) is 0 Å². The van der Waals surface area contributed by atoms with Crippen LogP contribution >= 0.6 is 11.8 Å². The van der Waals surface area contributed by atoms with Crippen LogP contribution in [0.1, 0.15) is 17.3 Å². The van der Waals surface area contributed by atoms with Crippen LogP contribution in [0.4, 0.5) is 4.79 Å². The summed E-state index contributed by atoms with van der Waals surface area (Å²) in [6, 6.07) is 3.12. The van der Waals surface area contributed by atoms with Crippen LogP contribution in [-0.2, 0) is 4.74 Å². The molecule has 0 fully saturated rings. The van der Waals surface area contributed by atoms with Gasteiger partial charge in [0, 0.05) is 5.56 Å². The fraction of sp³-hybridized carbons (Fsp3) is 0.333. The molecular weight excluding hydrogens is 256 g/mol. The highest BCUT2D eigenvalue weighted by Crippen LogP contribution is 2.38. The molecule has 0 aliphatic rings. The van der Waals surface area contributed by atoms with Crippen molar-refractivity contribution >= 4 is 24.2 Å². The van der Waals surface area contributed by atoms with Crippen LogP contribution < -0.4 is 9.47 Å². The van der Waals surface area contributed by atoms with Gasteiger partial charge in [-0.05, 0) is 25.3 Å². The van der Waals surface area contributed by atoms with Gasteiger partial charge in [0.1, 0.15) is 6.29 Å². The summed E-state index contributed by atoms with van der Waals surface area (Å²) < 4.78 is 14.9. The standard InChI is InChI=1S/C12H14O5S/c1-4-16-12(14)17-11-9(15-2)5-8(7-13)6-10(11)18-3/h5-7H,4H2,1-3H3. The van der Waals surface area contributed by atoms with E-state index in [2.05, 4.69) is 0 Å². The fourth-order valence-electron chi connectivity index (χ4n) is 1.30. The van der Waals surface area contributed by atoms with Crippen molar-refractivity contribution in [3.8, 4) is 11.5 Å². The Labute approximate surface area is 109 Å². The molecule has 0 aromatic heterocycles. The Hall–Kier alpha value is -1.69. The van der Waals surface area contributed by atoms with E-state index in [1.54, 1.807) is 19.2 Å². The van der Waals surface area contributed by atoms with Crippen molar-refractivity contribution in [2.75, 3.05) is 20.0 Å². The number of benzene rings is 1. The van der Waals surface area contributed by atoms with Gasteiger partial charge >= 0.3 is 6.16 Å². The zero-order valence-corrected chi connectivity index (χ0v) is 11.2. The maximum Gasteiger partial charge on any atom is 0.514 e. The van der Waals surface area contributed by atoms with Crippen LogP contribution in [0, 0.1) is 0 Å². The largest absolute Gasteiger partial charge is 0.514 e. The van der Waals surface area contributed by atoms with E-state index < -0.39 is 6.16 Å². The zero-order chi connectivity index (χ0) is 13.5. The van der Waals surface area contributed by atoms with E-state index in [1.807, 2.05) is 0 Å². The fourth-order valence-corrected chi connectivity index (χ4v) is 1.88. The number of hydrogen-bond donors (Lipinski definition) is 0. The van der Waals surface area contributed by atoms with Crippen molar-refractivity contribution in [2.24, 2.45) is 0 Å². The molecule has 0 radical (unpaired) electrons. The molecule has 0 unspecified atom stereocenters. The number of methoxy groups -OCH3 is 1. The van der Waals surface area contributed by atoms with E-state index in [0.717, 1.165) is 0 Å². The topological polar surface area (TPSA) is 61.8 Å². The van der Waals surface area contributed by atoms with Crippen molar-refractivity contribution in [2.45, 2.75) is 11.8 Å². The molecule has 0 amide bonds. The molecule has 1 rings (SSSR count). The zero-order valence-electron chi connectivity index (χ0n) is 10.4. The Kier molecular flexibility index (Phi) is 5.51. The first-order chi connectivity index (χ1) is 8.65. The second-order valence-corrected chi connectivity index (χ2v) is 4.01. The maximum absolute atomic E-state index is 11.3. The van der Waals surface area contributed by atoms with Crippen LogP contribution in [-0.4, -0.2) is 32.4 Å². The predicted octanol–water partition coefficient (Wildman–Crippen LogP) is 2.76. The minimum atomic E-state index is -0.801. The van der Waals surface area contributed by atoms with Crippen LogP contribution in [0.25, 0.3) is 0 Å². The lowest BCUT2D eigenvalue weighted by atomic mass is 10.2. The summed E-state index contributed by atoms with van der Waals surface area (Å²) in [4.78, 5) is 22.7. The van der Waals surface area contributed by atoms with Crippen LogP contribution in [0.5, 0.6) is 11.5 Å². The summed E-state index contributed by atoms with van der Waals surface area (Å²) in [7, 11) is 1.44. The van der Waals surface area contributed by atoms with E-state index in [4.69, 9.17) is 14.2 Å². The van der Waals surface area contributed by atoms with Gasteiger partial charge < -0.3 is 14.2 Å². The van der Waals surface area contributed by atoms with Crippen molar-refractivity contribution in [3.05, 3.63) is 17.7 Å². The van der Waals surface area contributed by atoms with E-state index in [1.165, 1.54) is 24.9 Å². The Bertz CT molecular complexity index is 419. The molecule has 6 heteroatoms. The molecule has 18 heavy (non-hydrogen) atoms. The van der Waals surface area contributed by atoms with Crippen molar-refractivity contribution in [1.82, 2.24) is 0 Å². The van der Waals surface area contributed by atoms with Crippen LogP contribution in [0.2, 0.25) is 0 Å². The molecular formula is C12H14O5S. The van der Waals surface area contributed by atoms with E-state index >= 15 is 0 Å². The third-order valence-corrected chi connectivity index (χ3v) is 2.81. The smallest absolute Gasteiger partial charge is 0.493 e. The normalized spacial score (nSPS) is 9.72. The Balaban J connectivity index is 3.14. The molecule has 0 aliphatic carbocycles. The Morgan fingerprint density at radius 2 is 2.17 bits per heavy atom. The number of thioether (sulfide) groups is 1. The third-order valence-electron chi connectivity index (χ3n) is 2.07. The number of ether oxygens (including phenoxy) is 3. The molecule has 0 bridgehead atoms. The number of hydrogen-bond acceptors (Lipinski definition) is 6. The first-order valence-electron chi connectivity index (χ1n) is 5.22. The number of rotatable bonds is 5. The molecule has 1 aromatic carbocycles. The van der Waals surface area contributed by atoms with Gasteiger partial charge in [0.25, 0.3) is 0 Å². The van der Waals surface area contributed by atoms with Crippen molar-refractivity contribution in [1.29, 1.82) is 0 Å². The first kappa shape index (κ1) is 14.4. The summed E-state index contributed by atoms with van der Waals surface area (Å²) in [6.45, 7) is 1.91. The van der Waals surface area contributed by atoms with Gasteiger partial charge in [-0.15, -0.1) is 11.8 Å². The van der Waals surface area contributed by atoms with Gasteiger partial charge in [-0.3, -0.25) is 4.79 Å². The van der Waals surface area contributed by atoms with Crippen molar-refractivity contribution < 1.29 is 23.8 Å². The predicted molar refractivity (Wildman–Crippen MR) is 67.8 cm³/mol. The molecule has 0 saturated heterocycles. The molecule has 0 saturated carbocycles. The molecule has 1 aromatic rings. The van der Waals surface area contributed by atoms with Crippen LogP contribution in [0.15, 0.2) is 17.0 Å². The van der Waals surface area contributed by atoms with Gasteiger partial charge in [0.2, 0.25) is 0 Å². The lowest BCUT2D eigenvalue weighted by Crippen LogP contribution is -2.11. The van der Waals surface area contributed by atoms with Gasteiger partial charge in [0.05, 0.1) is 18.6 Å². The number of aldehydes is 1. The molecule has 5 nitrogen and oxygen atoms in total. The van der Waals surface area contributed by atoms with Gasteiger partial charge in [-0.25, -0.2) is 4.79 Å². The molecule has 98 valence electrons. The quantitative estimate of drug-likeness (QED) is 0.355. The summed E-state index contributed by atoms with van der Waals surface area (Å²) in [5.41, 5.74) is 0.451. The minimum absolute atomic E-state index is 0.224. The van der Waals surface area contributed by atoms with Gasteiger partial charge in [-0.1, -0.05) is 0 Å². The highest BCUT2D eigenvalue weighted by atomic mass is 32.2. The Morgan fingerprint density at radius 3 is 2.67 bits per heavy atom. The second-order valence-electron chi connectivity index (χ2n) is 3.16. The van der Waals surface area contributed by atoms with Gasteiger partial charge in [-0.2, -0.15) is 0 Å². The summed E-state index contributed by atoms with van der Waals surface area (Å²) in [5.74, 6) is 0.575. The van der Waals surface area contributed by atoms with Crippen LogP contribution in [0.3, 0.4) is 0 Å². The lowest BCUT2D eigenvalue weighted by molar-refractivity contribution is 0.102. The minimum Gasteiger partial charge on any atom is -0.493 e. The summed E-state index contributed by atoms with van der Waals surface area (Å²) in [5, 5.41) is 0. The lowest BCUT2D eigenvalue weighted by Gasteiger charge is -2.13. The molecule has 0 aliphatic heterocycles. The third kappa shape index (κ3) is 3.40. The average molecular weight is 270 g/mol. The monoisotopic (exact) mass is 270 g/mol. The SMILES string of the molecule is CCOC(=O)Oc1c(OC)cc(C=O)cc1SC. The summed E-state index contributed by atoms with van der Waals surface area (Å²) in [6.07, 6.45) is 1.71. The first-order valence-corrected chi connectivity index (χ1v) is 6.44. The molecule has 0 heterocycles. The molecule has 0 N–H and O–H groups in total. The molecule has 0 atom stereocenters. The summed E-state index contributed by atoms with van der Waals surface area (Å²) >= 11 is 1.34. The highest BCUT2D eigenvalue weighted by Gasteiger charge is 2.17. The van der Waals surface area contributed by atoms with E-state index in [0.29, 0.717) is 22.5 Å². The van der Waals surface area contributed by atoms with E-state index in [-0.39, 0.29) is 12.4 Å². The van der Waals surface area contributed by atoms with Gasteiger partial charge in [0.15, 0.2) is 11.5 Å². The Morgan fingerprint density at radius 1 is 1.44 bits per heavy atom. The van der Waals surface area contributed by atoms with E-state index in [9.17, 15) is 9.59 Å². The number of carbonyl (C=O) groups is 2.